The number of carbonyl (C=O) groups excluding carboxylic acids is 1. The first-order valence-corrected chi connectivity index (χ1v) is 6.85. The van der Waals surface area contributed by atoms with E-state index >= 15 is 0 Å². The molecule has 1 amide bonds. The third-order valence-electron chi connectivity index (χ3n) is 3.12. The van der Waals surface area contributed by atoms with E-state index < -0.39 is 5.97 Å². The predicted octanol–water partition coefficient (Wildman–Crippen LogP) is 2.94. The Bertz CT molecular complexity index is 566. The number of aliphatic carboxylic acids is 1. The summed E-state index contributed by atoms with van der Waals surface area (Å²) in [5.74, 6) is -0.925. The molecule has 0 spiro atoms. The second-order valence-electron chi connectivity index (χ2n) is 4.68. The number of benzene rings is 1. The zero-order valence-electron chi connectivity index (χ0n) is 10.6. The normalized spacial score (nSPS) is 15.4. The summed E-state index contributed by atoms with van der Waals surface area (Å²) in [6, 6.07) is 5.20. The summed E-state index contributed by atoms with van der Waals surface area (Å²) in [6.07, 6.45) is 3.14. The Labute approximate surface area is 126 Å². The summed E-state index contributed by atoms with van der Waals surface area (Å²) in [5.41, 5.74) is 0.676. The molecule has 1 aliphatic heterocycles. The molecule has 6 heteroatoms. The highest BCUT2D eigenvalue weighted by atomic mass is 35.5. The first kappa shape index (κ1) is 14.9. The van der Waals surface area contributed by atoms with Gasteiger partial charge in [-0.25, -0.2) is 0 Å². The SMILES string of the molecule is O=C(O)CC1CN(C(=O)C=Cc2cccc(Cl)c2Cl)C1. The highest BCUT2D eigenvalue weighted by Crippen LogP contribution is 2.26. The number of carboxylic acids is 1. The fraction of sp³-hybridized carbons (Fsp3) is 0.286. The molecule has 1 aromatic carbocycles. The summed E-state index contributed by atoms with van der Waals surface area (Å²) < 4.78 is 0. The van der Waals surface area contributed by atoms with E-state index in [1.807, 2.05) is 0 Å². The second-order valence-corrected chi connectivity index (χ2v) is 5.47. The average Bonchev–Trinajstić information content (AvgIpc) is 2.34. The molecule has 1 aromatic rings. The van der Waals surface area contributed by atoms with Crippen LogP contribution in [0.2, 0.25) is 10.0 Å². The lowest BCUT2D eigenvalue weighted by molar-refractivity contribution is -0.143. The number of hydrogen-bond acceptors (Lipinski definition) is 2. The molecule has 1 heterocycles. The molecule has 0 aliphatic carbocycles. The summed E-state index contributed by atoms with van der Waals surface area (Å²) in [5, 5.41) is 9.48. The van der Waals surface area contributed by atoms with Crippen LogP contribution in [0.5, 0.6) is 0 Å². The zero-order chi connectivity index (χ0) is 14.7. The lowest BCUT2D eigenvalue weighted by atomic mass is 9.96. The van der Waals surface area contributed by atoms with Crippen molar-refractivity contribution in [3.05, 3.63) is 39.9 Å². The molecule has 2 rings (SSSR count). The van der Waals surface area contributed by atoms with E-state index in [4.69, 9.17) is 28.3 Å². The topological polar surface area (TPSA) is 57.6 Å². The van der Waals surface area contributed by atoms with Gasteiger partial charge < -0.3 is 10.0 Å². The zero-order valence-corrected chi connectivity index (χ0v) is 12.1. The van der Waals surface area contributed by atoms with Crippen LogP contribution in [-0.4, -0.2) is 35.0 Å². The van der Waals surface area contributed by atoms with Crippen molar-refractivity contribution in [1.82, 2.24) is 4.90 Å². The highest BCUT2D eigenvalue weighted by Gasteiger charge is 2.30. The minimum Gasteiger partial charge on any atom is -0.481 e. The Balaban J connectivity index is 1.91. The molecule has 0 atom stereocenters. The van der Waals surface area contributed by atoms with Gasteiger partial charge in [-0.1, -0.05) is 35.3 Å². The fourth-order valence-corrected chi connectivity index (χ4v) is 2.41. The van der Waals surface area contributed by atoms with Gasteiger partial charge in [-0.05, 0) is 17.7 Å². The van der Waals surface area contributed by atoms with Crippen molar-refractivity contribution < 1.29 is 14.7 Å². The minimum atomic E-state index is -0.830. The van der Waals surface area contributed by atoms with Gasteiger partial charge in [0.2, 0.25) is 5.91 Å². The van der Waals surface area contributed by atoms with Crippen LogP contribution in [0.25, 0.3) is 6.08 Å². The van der Waals surface area contributed by atoms with Crippen molar-refractivity contribution in [3.63, 3.8) is 0 Å². The molecular weight excluding hydrogens is 301 g/mol. The van der Waals surface area contributed by atoms with Gasteiger partial charge in [-0.2, -0.15) is 0 Å². The number of halogens is 2. The van der Waals surface area contributed by atoms with Crippen LogP contribution < -0.4 is 0 Å². The molecule has 1 aliphatic rings. The van der Waals surface area contributed by atoms with Gasteiger partial charge in [-0.3, -0.25) is 9.59 Å². The van der Waals surface area contributed by atoms with Crippen LogP contribution in [0.3, 0.4) is 0 Å². The van der Waals surface area contributed by atoms with Crippen LogP contribution in [0.4, 0.5) is 0 Å². The number of carbonyl (C=O) groups is 2. The molecule has 1 N–H and O–H groups in total. The molecule has 1 fully saturated rings. The molecule has 0 saturated carbocycles. The number of likely N-dealkylation sites (tertiary alicyclic amines) is 1. The van der Waals surface area contributed by atoms with E-state index in [9.17, 15) is 9.59 Å². The number of amides is 1. The average molecular weight is 314 g/mol. The molecule has 0 aromatic heterocycles. The van der Waals surface area contributed by atoms with Crippen molar-refractivity contribution in [2.45, 2.75) is 6.42 Å². The number of hydrogen-bond donors (Lipinski definition) is 1. The van der Waals surface area contributed by atoms with Crippen LogP contribution in [0.15, 0.2) is 24.3 Å². The maximum absolute atomic E-state index is 11.8. The van der Waals surface area contributed by atoms with Crippen molar-refractivity contribution in [1.29, 1.82) is 0 Å². The highest BCUT2D eigenvalue weighted by molar-refractivity contribution is 6.42. The first-order chi connectivity index (χ1) is 9.47. The van der Waals surface area contributed by atoms with Crippen molar-refractivity contribution in [3.8, 4) is 0 Å². The Kier molecular flexibility index (Phi) is 4.68. The standard InChI is InChI=1S/C14H13Cl2NO3/c15-11-3-1-2-10(14(11)16)4-5-12(18)17-7-9(8-17)6-13(19)20/h1-5,9H,6-8H2,(H,19,20). The monoisotopic (exact) mass is 313 g/mol. The Morgan fingerprint density at radius 1 is 1.35 bits per heavy atom. The molecule has 0 radical (unpaired) electrons. The lowest BCUT2D eigenvalue weighted by Gasteiger charge is -2.37. The predicted molar refractivity (Wildman–Crippen MR) is 77.8 cm³/mol. The Hall–Kier alpha value is -1.52. The van der Waals surface area contributed by atoms with Crippen molar-refractivity contribution >= 4 is 41.2 Å². The number of carboxylic acid groups (broad SMARTS) is 1. The van der Waals surface area contributed by atoms with Crippen LogP contribution in [0, 0.1) is 5.92 Å². The second kappa shape index (κ2) is 6.29. The van der Waals surface area contributed by atoms with E-state index in [-0.39, 0.29) is 18.2 Å². The third-order valence-corrected chi connectivity index (χ3v) is 3.95. The van der Waals surface area contributed by atoms with Crippen LogP contribution in [0.1, 0.15) is 12.0 Å². The Morgan fingerprint density at radius 3 is 2.70 bits per heavy atom. The number of nitrogens with zero attached hydrogens (tertiary/aromatic N) is 1. The largest absolute Gasteiger partial charge is 0.481 e. The van der Waals surface area contributed by atoms with E-state index in [0.29, 0.717) is 28.7 Å². The van der Waals surface area contributed by atoms with Gasteiger partial charge in [0, 0.05) is 25.1 Å². The van der Waals surface area contributed by atoms with E-state index in [0.717, 1.165) is 0 Å². The van der Waals surface area contributed by atoms with Crippen LogP contribution in [-0.2, 0) is 9.59 Å². The molecule has 0 bridgehead atoms. The summed E-state index contributed by atoms with van der Waals surface area (Å²) in [7, 11) is 0. The Morgan fingerprint density at radius 2 is 2.05 bits per heavy atom. The van der Waals surface area contributed by atoms with Gasteiger partial charge >= 0.3 is 5.97 Å². The molecule has 106 valence electrons. The van der Waals surface area contributed by atoms with Crippen LogP contribution >= 0.6 is 23.2 Å². The fourth-order valence-electron chi connectivity index (χ4n) is 2.04. The van der Waals surface area contributed by atoms with Crippen molar-refractivity contribution in [2.24, 2.45) is 5.92 Å². The third kappa shape index (κ3) is 3.52. The quantitative estimate of drug-likeness (QED) is 0.869. The van der Waals surface area contributed by atoms with Gasteiger partial charge in [0.05, 0.1) is 16.5 Å². The summed E-state index contributed by atoms with van der Waals surface area (Å²) >= 11 is 11.9. The molecule has 4 nitrogen and oxygen atoms in total. The lowest BCUT2D eigenvalue weighted by Crippen LogP contribution is -2.49. The molecule has 0 unspecified atom stereocenters. The molecular formula is C14H13Cl2NO3. The van der Waals surface area contributed by atoms with Crippen molar-refractivity contribution in [2.75, 3.05) is 13.1 Å². The summed E-state index contributed by atoms with van der Waals surface area (Å²) in [6.45, 7) is 0.970. The number of rotatable bonds is 4. The van der Waals surface area contributed by atoms with E-state index in [1.54, 1.807) is 29.2 Å². The smallest absolute Gasteiger partial charge is 0.303 e. The minimum absolute atomic E-state index is 0.0552. The van der Waals surface area contributed by atoms with E-state index in [1.165, 1.54) is 6.08 Å². The molecule has 20 heavy (non-hydrogen) atoms. The molecule has 1 saturated heterocycles. The van der Waals surface area contributed by atoms with Gasteiger partial charge in [-0.15, -0.1) is 0 Å². The van der Waals surface area contributed by atoms with E-state index in [2.05, 4.69) is 0 Å². The maximum atomic E-state index is 11.8. The summed E-state index contributed by atoms with van der Waals surface area (Å²) in [4.78, 5) is 24.0. The maximum Gasteiger partial charge on any atom is 0.303 e. The van der Waals surface area contributed by atoms with Gasteiger partial charge in [0.1, 0.15) is 0 Å². The van der Waals surface area contributed by atoms with Gasteiger partial charge in [0.15, 0.2) is 0 Å². The first-order valence-electron chi connectivity index (χ1n) is 6.10. The van der Waals surface area contributed by atoms with Gasteiger partial charge in [0.25, 0.3) is 0 Å².